The van der Waals surface area contributed by atoms with E-state index in [4.69, 9.17) is 14.2 Å². The van der Waals surface area contributed by atoms with Crippen LogP contribution in [0, 0.1) is 0 Å². The number of nitrogens with zero attached hydrogens (tertiary/aromatic N) is 3. The zero-order chi connectivity index (χ0) is 33.2. The summed E-state index contributed by atoms with van der Waals surface area (Å²) in [5, 5.41) is 6.11. The second-order valence-electron chi connectivity index (χ2n) is 11.7. The largest absolute Gasteiger partial charge is 0.493 e. The number of carbonyl (C=O) groups is 2. The van der Waals surface area contributed by atoms with Gasteiger partial charge in [0.2, 0.25) is 0 Å². The van der Waals surface area contributed by atoms with Gasteiger partial charge in [0.1, 0.15) is 17.2 Å². The smallest absolute Gasteiger partial charge is 0.334 e. The molecule has 0 bridgehead atoms. The van der Waals surface area contributed by atoms with Crippen molar-refractivity contribution in [3.63, 3.8) is 0 Å². The number of piperazine rings is 1. The molecule has 1 fully saturated rings. The van der Waals surface area contributed by atoms with Crippen LogP contribution in [0.15, 0.2) is 83.7 Å². The number of amides is 2. The lowest BCUT2D eigenvalue weighted by molar-refractivity contribution is -0.123. The van der Waals surface area contributed by atoms with Crippen LogP contribution in [0.25, 0.3) is 16.9 Å². The fourth-order valence-corrected chi connectivity index (χ4v) is 5.56. The summed E-state index contributed by atoms with van der Waals surface area (Å²) in [7, 11) is 1.65. The third-order valence-corrected chi connectivity index (χ3v) is 7.69. The molecule has 0 spiro atoms. The van der Waals surface area contributed by atoms with Gasteiger partial charge >= 0.3 is 5.69 Å². The SMILES string of the molecule is COCCCOc1cccc(-n2c(-c3ccccc3)c(C(=O)N3CCNCC3)n(Cc3cccc(OCC(=O)NC(C)C)c3)c2=O)c1. The Morgan fingerprint density at radius 2 is 1.62 bits per heavy atom. The number of nitrogens with one attached hydrogen (secondary N) is 2. The summed E-state index contributed by atoms with van der Waals surface area (Å²) in [4.78, 5) is 43.0. The Morgan fingerprint density at radius 3 is 2.34 bits per heavy atom. The molecule has 0 radical (unpaired) electrons. The van der Waals surface area contributed by atoms with E-state index < -0.39 is 0 Å². The molecule has 0 saturated carbocycles. The van der Waals surface area contributed by atoms with Crippen LogP contribution in [-0.4, -0.2) is 85.0 Å². The molecule has 0 unspecified atom stereocenters. The molecule has 4 aromatic rings. The highest BCUT2D eigenvalue weighted by Crippen LogP contribution is 2.30. The van der Waals surface area contributed by atoms with Crippen molar-refractivity contribution in [1.82, 2.24) is 24.7 Å². The average Bonchev–Trinajstić information content (AvgIpc) is 3.37. The van der Waals surface area contributed by atoms with Gasteiger partial charge in [-0.05, 0) is 43.7 Å². The summed E-state index contributed by atoms with van der Waals surface area (Å²) in [6.45, 7) is 7.19. The quantitative estimate of drug-likeness (QED) is 0.202. The maximum Gasteiger partial charge on any atom is 0.334 e. The number of hydrogen-bond acceptors (Lipinski definition) is 7. The second-order valence-corrected chi connectivity index (χ2v) is 11.7. The van der Waals surface area contributed by atoms with E-state index in [1.54, 1.807) is 33.3 Å². The van der Waals surface area contributed by atoms with Gasteiger partial charge in [-0.3, -0.25) is 18.7 Å². The van der Waals surface area contributed by atoms with E-state index in [2.05, 4.69) is 10.6 Å². The summed E-state index contributed by atoms with van der Waals surface area (Å²) in [5.41, 5.74) is 2.52. The molecule has 1 aromatic heterocycles. The van der Waals surface area contributed by atoms with Crippen molar-refractivity contribution in [1.29, 1.82) is 0 Å². The highest BCUT2D eigenvalue weighted by Gasteiger charge is 2.31. The molecule has 3 aromatic carbocycles. The number of hydrogen-bond donors (Lipinski definition) is 2. The number of ether oxygens (including phenoxy) is 3. The maximum atomic E-state index is 14.6. The number of carbonyl (C=O) groups excluding carboxylic acids is 2. The fourth-order valence-electron chi connectivity index (χ4n) is 5.56. The van der Waals surface area contributed by atoms with Gasteiger partial charge in [-0.15, -0.1) is 0 Å². The molecule has 0 atom stereocenters. The predicted octanol–water partition coefficient (Wildman–Crippen LogP) is 3.72. The number of benzene rings is 3. The topological polar surface area (TPSA) is 116 Å². The van der Waals surface area contributed by atoms with Gasteiger partial charge in [-0.25, -0.2) is 4.79 Å². The highest BCUT2D eigenvalue weighted by atomic mass is 16.5. The van der Waals surface area contributed by atoms with E-state index in [0.717, 1.165) is 17.5 Å². The lowest BCUT2D eigenvalue weighted by atomic mass is 10.1. The first-order valence-electron chi connectivity index (χ1n) is 16.0. The van der Waals surface area contributed by atoms with E-state index in [1.807, 2.05) is 80.6 Å². The zero-order valence-electron chi connectivity index (χ0n) is 27.2. The monoisotopic (exact) mass is 641 g/mol. The van der Waals surface area contributed by atoms with Gasteiger partial charge in [-0.1, -0.05) is 48.5 Å². The first kappa shape index (κ1) is 33.5. The van der Waals surface area contributed by atoms with Crippen molar-refractivity contribution in [2.45, 2.75) is 32.9 Å². The van der Waals surface area contributed by atoms with Crippen LogP contribution in [0.3, 0.4) is 0 Å². The minimum absolute atomic E-state index is 0.00159. The number of aromatic nitrogens is 2. The first-order chi connectivity index (χ1) is 22.9. The highest BCUT2D eigenvalue weighted by molar-refractivity contribution is 5.99. The number of methoxy groups -OCH3 is 1. The summed E-state index contributed by atoms with van der Waals surface area (Å²) >= 11 is 0. The molecular formula is C36H43N5O6. The third-order valence-electron chi connectivity index (χ3n) is 7.69. The molecule has 2 amide bonds. The molecule has 11 nitrogen and oxygen atoms in total. The first-order valence-corrected chi connectivity index (χ1v) is 16.0. The van der Waals surface area contributed by atoms with Crippen LogP contribution in [0.5, 0.6) is 11.5 Å². The van der Waals surface area contributed by atoms with Crippen molar-refractivity contribution in [3.8, 4) is 28.4 Å². The molecule has 2 N–H and O–H groups in total. The molecular weight excluding hydrogens is 598 g/mol. The Labute approximate surface area is 275 Å². The van der Waals surface area contributed by atoms with Crippen LogP contribution < -0.4 is 25.8 Å². The minimum Gasteiger partial charge on any atom is -0.493 e. The standard InChI is InChI=1S/C36H43N5O6/c1-26(2)38-32(42)25-47-30-14-7-10-27(22-30)24-40-34(35(43)39-18-16-37-17-19-39)33(28-11-5-4-6-12-28)41(36(40)44)29-13-8-15-31(23-29)46-21-9-20-45-3/h4-8,10-15,22-23,26,37H,9,16-21,24-25H2,1-3H3,(H,38,42). The molecule has 5 rings (SSSR count). The van der Waals surface area contributed by atoms with Crippen molar-refractivity contribution in [2.75, 3.05) is 53.1 Å². The second kappa shape index (κ2) is 16.1. The van der Waals surface area contributed by atoms with Gasteiger partial charge in [0.05, 0.1) is 24.5 Å². The van der Waals surface area contributed by atoms with E-state index in [0.29, 0.717) is 68.0 Å². The van der Waals surface area contributed by atoms with Gasteiger partial charge in [0.15, 0.2) is 6.61 Å². The summed E-state index contributed by atoms with van der Waals surface area (Å²) in [6.07, 6.45) is 0.723. The molecule has 47 heavy (non-hydrogen) atoms. The van der Waals surface area contributed by atoms with E-state index in [9.17, 15) is 14.4 Å². The molecule has 1 saturated heterocycles. The van der Waals surface area contributed by atoms with Crippen LogP contribution in [0.4, 0.5) is 0 Å². The lowest BCUT2D eigenvalue weighted by Crippen LogP contribution is -2.47. The molecule has 248 valence electrons. The van der Waals surface area contributed by atoms with Crippen LogP contribution >= 0.6 is 0 Å². The van der Waals surface area contributed by atoms with Gasteiger partial charge in [-0.2, -0.15) is 0 Å². The Bertz CT molecular complexity index is 1710. The molecule has 1 aliphatic rings. The Balaban J connectivity index is 1.60. The summed E-state index contributed by atoms with van der Waals surface area (Å²) < 4.78 is 20.0. The van der Waals surface area contributed by atoms with Gasteiger partial charge in [0.25, 0.3) is 11.8 Å². The Morgan fingerprint density at radius 1 is 0.894 bits per heavy atom. The van der Waals surface area contributed by atoms with Crippen molar-refractivity contribution < 1.29 is 23.8 Å². The van der Waals surface area contributed by atoms with Crippen LogP contribution in [0.1, 0.15) is 36.3 Å². The van der Waals surface area contributed by atoms with Gasteiger partial charge < -0.3 is 29.7 Å². The van der Waals surface area contributed by atoms with E-state index in [-0.39, 0.29) is 36.7 Å². The minimum atomic E-state index is -0.360. The summed E-state index contributed by atoms with van der Waals surface area (Å²) in [5.74, 6) is 0.662. The van der Waals surface area contributed by atoms with Crippen LogP contribution in [-0.2, 0) is 16.1 Å². The average molecular weight is 642 g/mol. The number of rotatable bonds is 14. The normalized spacial score (nSPS) is 13.1. The van der Waals surface area contributed by atoms with Crippen LogP contribution in [0.2, 0.25) is 0 Å². The maximum absolute atomic E-state index is 14.6. The van der Waals surface area contributed by atoms with Gasteiger partial charge in [0, 0.05) is 64.0 Å². The van der Waals surface area contributed by atoms with Crippen molar-refractivity contribution in [2.24, 2.45) is 0 Å². The Hall–Kier alpha value is -4.87. The van der Waals surface area contributed by atoms with Crippen molar-refractivity contribution >= 4 is 11.8 Å². The Kier molecular flexibility index (Phi) is 11.5. The zero-order valence-corrected chi connectivity index (χ0v) is 27.2. The lowest BCUT2D eigenvalue weighted by Gasteiger charge is -2.28. The fraction of sp³-hybridized carbons (Fsp3) is 0.361. The molecule has 2 heterocycles. The third kappa shape index (κ3) is 8.49. The molecule has 1 aliphatic heterocycles. The van der Waals surface area contributed by atoms with E-state index >= 15 is 0 Å². The number of imidazole rings is 1. The predicted molar refractivity (Wildman–Crippen MR) is 181 cm³/mol. The molecule has 11 heteroatoms. The summed E-state index contributed by atoms with van der Waals surface area (Å²) in [6, 6.07) is 24.1. The van der Waals surface area contributed by atoms with Crippen molar-refractivity contribution in [3.05, 3.63) is 101 Å². The molecule has 0 aliphatic carbocycles. The van der Waals surface area contributed by atoms with E-state index in [1.165, 1.54) is 0 Å².